The standard InChI is InChI=1S/C19H22F2N2O/c1-12-3-2-4-14-16-10-22-11-23(16)15(18(12)14)9-17(24)13-5-7-19(20,21)8-6-13/h2-4,10-11,13,15,17,24H,5-9H2,1H3. The van der Waals surface area contributed by atoms with Crippen molar-refractivity contribution in [3.05, 3.63) is 41.9 Å². The molecule has 2 aromatic rings. The molecule has 2 aliphatic rings. The van der Waals surface area contributed by atoms with E-state index < -0.39 is 12.0 Å². The van der Waals surface area contributed by atoms with Gasteiger partial charge in [-0.25, -0.2) is 13.8 Å². The van der Waals surface area contributed by atoms with Gasteiger partial charge in [-0.05, 0) is 43.2 Å². The second kappa shape index (κ2) is 5.66. The fourth-order valence-electron chi connectivity index (χ4n) is 4.35. The lowest BCUT2D eigenvalue weighted by Crippen LogP contribution is -2.32. The highest BCUT2D eigenvalue weighted by atomic mass is 19.3. The van der Waals surface area contributed by atoms with Crippen molar-refractivity contribution in [3.8, 4) is 11.3 Å². The Morgan fingerprint density at radius 2 is 2.08 bits per heavy atom. The van der Waals surface area contributed by atoms with Gasteiger partial charge in [0.05, 0.1) is 30.4 Å². The molecule has 2 unspecified atom stereocenters. The van der Waals surface area contributed by atoms with E-state index in [4.69, 9.17) is 0 Å². The maximum absolute atomic E-state index is 13.4. The lowest BCUT2D eigenvalue weighted by molar-refractivity contribution is -0.0638. The number of aryl methyl sites for hydroxylation is 1. The molecule has 1 aromatic heterocycles. The summed E-state index contributed by atoms with van der Waals surface area (Å²) in [5, 5.41) is 10.7. The van der Waals surface area contributed by atoms with E-state index in [1.807, 2.05) is 12.3 Å². The van der Waals surface area contributed by atoms with Crippen molar-refractivity contribution in [1.82, 2.24) is 9.55 Å². The van der Waals surface area contributed by atoms with Crippen LogP contribution in [0.1, 0.15) is 49.3 Å². The van der Waals surface area contributed by atoms with Crippen molar-refractivity contribution in [1.29, 1.82) is 0 Å². The molecule has 1 aromatic carbocycles. The summed E-state index contributed by atoms with van der Waals surface area (Å²) in [6.45, 7) is 2.08. The Hall–Kier alpha value is -1.75. The molecule has 24 heavy (non-hydrogen) atoms. The van der Waals surface area contributed by atoms with Crippen LogP contribution in [0.25, 0.3) is 11.3 Å². The van der Waals surface area contributed by atoms with Gasteiger partial charge in [0, 0.05) is 18.4 Å². The van der Waals surface area contributed by atoms with E-state index in [1.165, 1.54) is 16.7 Å². The van der Waals surface area contributed by atoms with Crippen LogP contribution in [0.15, 0.2) is 30.7 Å². The summed E-state index contributed by atoms with van der Waals surface area (Å²) >= 11 is 0. The van der Waals surface area contributed by atoms with E-state index in [9.17, 15) is 13.9 Å². The average Bonchev–Trinajstić information content (AvgIpc) is 3.11. The summed E-state index contributed by atoms with van der Waals surface area (Å²) in [7, 11) is 0. The second-order valence-electron chi connectivity index (χ2n) is 7.23. The zero-order valence-electron chi connectivity index (χ0n) is 13.8. The molecule has 0 spiro atoms. The normalized spacial score (nSPS) is 23.8. The fourth-order valence-corrected chi connectivity index (χ4v) is 4.35. The van der Waals surface area contributed by atoms with E-state index in [0.717, 1.165) is 5.69 Å². The number of rotatable bonds is 3. The van der Waals surface area contributed by atoms with Gasteiger partial charge in [-0.15, -0.1) is 0 Å². The molecule has 2 atom stereocenters. The number of fused-ring (bicyclic) bond motifs is 3. The van der Waals surface area contributed by atoms with Crippen molar-refractivity contribution >= 4 is 0 Å². The van der Waals surface area contributed by atoms with E-state index in [-0.39, 0.29) is 24.8 Å². The SMILES string of the molecule is Cc1cccc2c1C(CC(O)C1CCC(F)(F)CC1)n1cncc1-2. The minimum Gasteiger partial charge on any atom is -0.393 e. The van der Waals surface area contributed by atoms with Gasteiger partial charge >= 0.3 is 0 Å². The zero-order valence-corrected chi connectivity index (χ0v) is 13.8. The maximum Gasteiger partial charge on any atom is 0.248 e. The van der Waals surface area contributed by atoms with Gasteiger partial charge in [0.15, 0.2) is 0 Å². The van der Waals surface area contributed by atoms with Crippen LogP contribution < -0.4 is 0 Å². The quantitative estimate of drug-likeness (QED) is 0.908. The van der Waals surface area contributed by atoms with Gasteiger partial charge in [0.25, 0.3) is 0 Å². The number of imidazole rings is 1. The molecule has 1 aliphatic heterocycles. The minimum atomic E-state index is -2.55. The first-order chi connectivity index (χ1) is 11.5. The first-order valence-corrected chi connectivity index (χ1v) is 8.64. The predicted octanol–water partition coefficient (Wildman–Crippen LogP) is 4.34. The Morgan fingerprint density at radius 3 is 2.83 bits per heavy atom. The van der Waals surface area contributed by atoms with Crippen molar-refractivity contribution in [2.45, 2.75) is 57.1 Å². The van der Waals surface area contributed by atoms with Crippen LogP contribution in [0, 0.1) is 12.8 Å². The second-order valence-corrected chi connectivity index (χ2v) is 7.23. The predicted molar refractivity (Wildman–Crippen MR) is 88.1 cm³/mol. The third-order valence-corrected chi connectivity index (χ3v) is 5.71. The highest BCUT2D eigenvalue weighted by Crippen LogP contribution is 2.45. The van der Waals surface area contributed by atoms with Crippen LogP contribution in [-0.4, -0.2) is 26.7 Å². The molecule has 2 heterocycles. The Bertz CT molecular complexity index is 746. The maximum atomic E-state index is 13.4. The molecule has 5 heteroatoms. The summed E-state index contributed by atoms with van der Waals surface area (Å²) in [6.07, 6.45) is 4.24. The summed E-state index contributed by atoms with van der Waals surface area (Å²) in [5.41, 5.74) is 4.67. The van der Waals surface area contributed by atoms with Crippen LogP contribution in [-0.2, 0) is 0 Å². The van der Waals surface area contributed by atoms with Crippen LogP contribution in [0.4, 0.5) is 8.78 Å². The number of alkyl halides is 2. The molecule has 0 amide bonds. The number of nitrogens with zero attached hydrogens (tertiary/aromatic N) is 2. The number of hydrogen-bond donors (Lipinski definition) is 1. The third-order valence-electron chi connectivity index (χ3n) is 5.71. The van der Waals surface area contributed by atoms with Crippen LogP contribution in [0.5, 0.6) is 0 Å². The lowest BCUT2D eigenvalue weighted by atomic mass is 9.80. The average molecular weight is 332 g/mol. The number of halogens is 2. The largest absolute Gasteiger partial charge is 0.393 e. The summed E-state index contributed by atoms with van der Waals surface area (Å²) in [5.74, 6) is -2.59. The van der Waals surface area contributed by atoms with Crippen LogP contribution in [0.3, 0.4) is 0 Å². The number of benzene rings is 1. The summed E-state index contributed by atoms with van der Waals surface area (Å²) < 4.78 is 28.8. The lowest BCUT2D eigenvalue weighted by Gasteiger charge is -2.32. The molecular weight excluding hydrogens is 310 g/mol. The molecule has 128 valence electrons. The highest BCUT2D eigenvalue weighted by molar-refractivity contribution is 5.70. The number of hydrogen-bond acceptors (Lipinski definition) is 2. The van der Waals surface area contributed by atoms with E-state index >= 15 is 0 Å². The molecule has 1 N–H and O–H groups in total. The topological polar surface area (TPSA) is 38.0 Å². The van der Waals surface area contributed by atoms with Crippen molar-refractivity contribution < 1.29 is 13.9 Å². The molecule has 1 aliphatic carbocycles. The number of aliphatic hydroxyl groups excluding tert-OH is 1. The number of aromatic nitrogens is 2. The molecular formula is C19H22F2N2O. The van der Waals surface area contributed by atoms with E-state index in [0.29, 0.717) is 19.3 Å². The smallest absolute Gasteiger partial charge is 0.248 e. The van der Waals surface area contributed by atoms with Gasteiger partial charge in [-0.3, -0.25) is 0 Å². The van der Waals surface area contributed by atoms with Gasteiger partial charge in [0.2, 0.25) is 5.92 Å². The molecule has 3 nitrogen and oxygen atoms in total. The Kier molecular flexibility index (Phi) is 3.71. The van der Waals surface area contributed by atoms with Crippen LogP contribution in [0.2, 0.25) is 0 Å². The van der Waals surface area contributed by atoms with Crippen molar-refractivity contribution in [2.75, 3.05) is 0 Å². The zero-order chi connectivity index (χ0) is 16.9. The van der Waals surface area contributed by atoms with E-state index in [1.54, 1.807) is 6.33 Å². The Labute approximate surface area is 140 Å². The number of aliphatic hydroxyl groups is 1. The van der Waals surface area contributed by atoms with Gasteiger partial charge in [0.1, 0.15) is 0 Å². The first-order valence-electron chi connectivity index (χ1n) is 8.64. The molecule has 0 saturated heterocycles. The van der Waals surface area contributed by atoms with Crippen LogP contribution >= 0.6 is 0 Å². The first kappa shape index (κ1) is 15.8. The molecule has 0 bridgehead atoms. The minimum absolute atomic E-state index is 0.0373. The summed E-state index contributed by atoms with van der Waals surface area (Å²) in [6, 6.07) is 6.24. The summed E-state index contributed by atoms with van der Waals surface area (Å²) in [4.78, 5) is 4.24. The van der Waals surface area contributed by atoms with Gasteiger partial charge < -0.3 is 9.67 Å². The molecule has 4 rings (SSSR count). The van der Waals surface area contributed by atoms with Crippen molar-refractivity contribution in [3.63, 3.8) is 0 Å². The van der Waals surface area contributed by atoms with E-state index in [2.05, 4.69) is 28.6 Å². The molecule has 1 fully saturated rings. The fraction of sp³-hybridized carbons (Fsp3) is 0.526. The van der Waals surface area contributed by atoms with Crippen molar-refractivity contribution in [2.24, 2.45) is 5.92 Å². The molecule has 1 saturated carbocycles. The Morgan fingerprint density at radius 1 is 1.33 bits per heavy atom. The third kappa shape index (κ3) is 2.55. The van der Waals surface area contributed by atoms with Gasteiger partial charge in [-0.1, -0.05) is 18.2 Å². The highest BCUT2D eigenvalue weighted by Gasteiger charge is 2.39. The molecule has 0 radical (unpaired) electrons. The Balaban J connectivity index is 1.57. The monoisotopic (exact) mass is 332 g/mol. The van der Waals surface area contributed by atoms with Gasteiger partial charge in [-0.2, -0.15) is 0 Å².